The van der Waals surface area contributed by atoms with Gasteiger partial charge in [-0.1, -0.05) is 120 Å². The molecule has 13 aromatic rings. The Balaban J connectivity index is 0.000000368. The van der Waals surface area contributed by atoms with E-state index in [1.807, 2.05) is 157 Å². The van der Waals surface area contributed by atoms with Crippen LogP contribution in [0.3, 0.4) is 0 Å². The smallest absolute Gasteiger partial charge is 1.00 e. The second-order valence-corrected chi connectivity index (χ2v) is 44.3. The minimum Gasteiger partial charge on any atom is -1.00 e. The molecule has 1 saturated heterocycles. The number of para-hydroxylation sites is 6. The topological polar surface area (TPSA) is 347 Å². The number of esters is 3. The molecule has 28 nitrogen and oxygen atoms in total. The van der Waals surface area contributed by atoms with E-state index >= 15 is 0 Å². The van der Waals surface area contributed by atoms with Gasteiger partial charge in [0.15, 0.2) is 0 Å². The number of carbonyl (C=O) groups is 3. The van der Waals surface area contributed by atoms with Crippen molar-refractivity contribution in [1.82, 2.24) is 32.8 Å². The van der Waals surface area contributed by atoms with Crippen LogP contribution in [-0.2, 0) is 88.7 Å². The Hall–Kier alpha value is -9.00. The zero-order valence-electron chi connectivity index (χ0n) is 86.3. The molecule has 0 unspecified atom stereocenters. The van der Waals surface area contributed by atoms with Crippen molar-refractivity contribution in [2.75, 3.05) is 57.3 Å². The van der Waals surface area contributed by atoms with Gasteiger partial charge in [-0.2, -0.15) is 0 Å². The number of nitrogens with one attached hydrogen (secondary N) is 1. The minimum atomic E-state index is -1.56. The number of epoxide rings is 1. The number of phenolic OH excluding ortho intramolecular Hbond substituents is 1. The van der Waals surface area contributed by atoms with E-state index in [9.17, 15) is 43.2 Å². The number of rotatable bonds is 27. The number of benzene rings is 6. The normalized spacial score (nSPS) is 11.7. The summed E-state index contributed by atoms with van der Waals surface area (Å²) in [5, 5.41) is 18.8. The van der Waals surface area contributed by atoms with Gasteiger partial charge in [0.25, 0.3) is 16.7 Å². The summed E-state index contributed by atoms with van der Waals surface area (Å²) in [6, 6.07) is 46.2. The Labute approximate surface area is 901 Å². The molecule has 141 heavy (non-hydrogen) atoms. The van der Waals surface area contributed by atoms with Gasteiger partial charge < -0.3 is 60.1 Å². The molecule has 1 aliphatic heterocycles. The number of fused-ring (bicyclic) bond motifs is 3. The third-order valence-corrected chi connectivity index (χ3v) is 28.0. The van der Waals surface area contributed by atoms with Crippen LogP contribution < -0.4 is 57.4 Å². The van der Waals surface area contributed by atoms with Crippen LogP contribution >= 0.6 is 120 Å². The van der Waals surface area contributed by atoms with Crippen molar-refractivity contribution in [2.24, 2.45) is 0 Å². The monoisotopic (exact) mass is 2380 g/mol. The van der Waals surface area contributed by atoms with Crippen LogP contribution in [0.2, 0.25) is 0 Å². The first-order valence-electron chi connectivity index (χ1n) is 45.6. The summed E-state index contributed by atoms with van der Waals surface area (Å²) in [6.45, 7) is 45.9. The molecule has 0 amide bonds. The van der Waals surface area contributed by atoms with Gasteiger partial charge in [0.05, 0.1) is 90.0 Å². The third kappa shape index (κ3) is 33.5. The largest absolute Gasteiger partial charge is 2.00 e. The first-order chi connectivity index (χ1) is 65.9. The number of carbonyl (C=O) groups excluding carboxylic acids is 3. The Bertz CT molecular complexity index is 6620. The maximum Gasteiger partial charge on any atom is 2.00 e. The molecule has 14 rings (SSSR count). The van der Waals surface area contributed by atoms with E-state index in [1.54, 1.807) is 117 Å². The zero-order valence-corrected chi connectivity index (χ0v) is 96.6. The number of alkyl halides is 1. The van der Waals surface area contributed by atoms with Crippen molar-refractivity contribution in [3.05, 3.63) is 276 Å². The number of aromatic hydroxyl groups is 1. The number of hydrogen-bond acceptors (Lipinski definition) is 25. The van der Waals surface area contributed by atoms with Crippen molar-refractivity contribution in [3.8, 4) is 45.3 Å². The molecule has 1 fully saturated rings. The predicted octanol–water partition coefficient (Wildman–Crippen LogP) is 22.4. The molecule has 0 aliphatic carbocycles. The number of aliphatic hydroxyl groups is 1. The molecule has 0 spiro atoms. The number of oxazole rings is 1. The van der Waals surface area contributed by atoms with Crippen molar-refractivity contribution in [2.45, 2.75) is 231 Å². The van der Waals surface area contributed by atoms with E-state index in [4.69, 9.17) is 52.5 Å². The van der Waals surface area contributed by atoms with Crippen molar-refractivity contribution in [1.29, 1.82) is 0 Å². The van der Waals surface area contributed by atoms with E-state index < -0.39 is 85.1 Å². The van der Waals surface area contributed by atoms with Crippen LogP contribution in [0.15, 0.2) is 208 Å². The van der Waals surface area contributed by atoms with Gasteiger partial charge in [-0.3, -0.25) is 28.5 Å². The van der Waals surface area contributed by atoms with Crippen LogP contribution in [0.4, 0.5) is 0 Å². The molecule has 0 radical (unpaired) electrons. The number of nitrogens with zero attached hydrogens (tertiary/aromatic N) is 6. The fraction of sp³-hybridized carbons (Fsp3) is 0.423. The van der Waals surface area contributed by atoms with Gasteiger partial charge >= 0.3 is 58.0 Å². The molecule has 37 heteroatoms. The molecule has 0 atom stereocenters. The summed E-state index contributed by atoms with van der Waals surface area (Å²) in [7, 11) is 0. The zero-order chi connectivity index (χ0) is 104. The maximum atomic E-state index is 14.0. The number of aryl methyl sites for hydroxylation is 8. The van der Waals surface area contributed by atoms with E-state index in [-0.39, 0.29) is 44.8 Å². The van der Waals surface area contributed by atoms with E-state index in [0.717, 1.165) is 117 Å². The Morgan fingerprint density at radius 3 is 1.14 bits per heavy atom. The number of aliphatic hydroxyl groups excluding tert-OH is 1. The van der Waals surface area contributed by atoms with Crippen LogP contribution in [0.1, 0.15) is 180 Å². The number of thiophene rings is 3. The number of ether oxygens (including phenoxy) is 9. The maximum absolute atomic E-state index is 14.0. The van der Waals surface area contributed by atoms with E-state index in [1.165, 1.54) is 79.7 Å². The van der Waals surface area contributed by atoms with E-state index in [0.29, 0.717) is 99.2 Å². The standard InChI is InChI=1S/C28H33N3O6S.C25H31BrN2O5S.C15H19BrN2O4S.C10H13IO.C10H14O2.C8H9BrO.C6H5BrO.C2H4O.Mg.2H/c1-8-35-19-12-10-9-11-18(19)13-15-30-24-20(17(2)21(38-24)22-29-14-16-36-22)23(32)31(26(30)34)28(6,7)25(33)37-27(3,4)5;1-8-32-17-12-10-9-11-16(17)13-14-27-21-18(15(2)19(26)34-21)20(29)28(23(27)31)25(6,7)22(30)33-24(3,4)5;1-7-8-10(23-9(7)16)17-13(21)18(11(8)19)15(5,6)12(20)22-14(2,3)4;2*1-2-12-10-6-4-3-5-9(10)7-8-11;1-2-10-8-6-4-3-5-7(8)9;7-5-3-1-2-4-6(5)8;1-2-3-1;;;/h9-12,14,16H,8,13,15H2,1-7H3;9-12H,8,13-14H2,1-7H3;1-6H3,(H,17,21);3-6H,2,7-8H2,1H3;3-6,11H,2,7-8H2,1H3;3-6H,2H2,1H3;1-4,8H;1-2H2;;;/q;;;;;;;;+2;2*-1. The number of aromatic nitrogens is 7. The minimum absolute atomic E-state index is 0. The van der Waals surface area contributed by atoms with Gasteiger partial charge in [-0.15, -0.1) is 34.0 Å². The van der Waals surface area contributed by atoms with Crippen molar-refractivity contribution < 1.29 is 74.5 Å². The molecule has 8 heterocycles. The van der Waals surface area contributed by atoms with Crippen LogP contribution in [-0.4, -0.2) is 158 Å². The number of hydrogen-bond donors (Lipinski definition) is 3. The first kappa shape index (κ1) is 121. The molecule has 762 valence electrons. The number of aromatic amines is 1. The molecule has 0 saturated carbocycles. The van der Waals surface area contributed by atoms with Crippen LogP contribution in [0, 0.1) is 20.8 Å². The van der Waals surface area contributed by atoms with Gasteiger partial charge in [0.2, 0.25) is 5.89 Å². The first-order valence-corrected chi connectivity index (χ1v) is 52.7. The second kappa shape index (κ2) is 55.3. The average Bonchev–Trinajstić information content (AvgIpc) is 1.59. The summed E-state index contributed by atoms with van der Waals surface area (Å²) in [5.74, 6) is 3.04. The molecular weight excluding hydrogens is 2250 g/mol. The molecule has 0 bridgehead atoms. The van der Waals surface area contributed by atoms with Crippen molar-refractivity contribution >= 4 is 192 Å². The average molecular weight is 2380 g/mol. The SMILES string of the molecule is C1CO1.CCOc1ccccc1Br.CCOc1ccccc1CCI.CCOc1ccccc1CCO.CCOc1ccccc1CCn1c(=O)n(C(C)(C)C(=O)OC(C)(C)C)c(=O)c2c(C)c(-c3ncco3)sc21.CCOc1ccccc1CCn1c(=O)n(C(C)(C)C(=O)OC(C)(C)C)c(=O)c2c(C)c(Br)sc21.Cc1c(Br)sc2[nH]c(=O)n(C(C)(C)C(=O)OC(C)(C)C)c(=O)c12.Oc1ccccc1Br.[H-].[H-].[Mg+2]. The second-order valence-electron chi connectivity index (χ2n) is 35.9. The summed E-state index contributed by atoms with van der Waals surface area (Å²) in [6.07, 6.45) is 5.74. The summed E-state index contributed by atoms with van der Waals surface area (Å²) < 4.78 is 64.7. The third-order valence-electron chi connectivity index (χ3n) is 20.5. The number of H-pyrrole nitrogens is 1. The molecule has 7 aromatic heterocycles. The van der Waals surface area contributed by atoms with Gasteiger partial charge in [-0.05, 0) is 336 Å². The predicted molar refractivity (Wildman–Crippen MR) is 589 cm³/mol. The fourth-order valence-corrected chi connectivity index (χ4v) is 19.5. The van der Waals surface area contributed by atoms with Crippen molar-refractivity contribution in [3.63, 3.8) is 0 Å². The van der Waals surface area contributed by atoms with Crippen LogP contribution in [0.25, 0.3) is 41.4 Å². The Morgan fingerprint density at radius 2 is 0.787 bits per heavy atom. The van der Waals surface area contributed by atoms with E-state index in [2.05, 4.69) is 113 Å². The van der Waals surface area contributed by atoms with Gasteiger partial charge in [0, 0.05) is 24.1 Å². The quantitative estimate of drug-likeness (QED) is 0.0107. The summed E-state index contributed by atoms with van der Waals surface area (Å²) in [5.41, 5.74) is -3.68. The molecule has 6 aromatic carbocycles. The molecule has 1 aliphatic rings. The van der Waals surface area contributed by atoms with Crippen LogP contribution in [0.5, 0.6) is 34.5 Å². The number of phenols is 1. The fourth-order valence-electron chi connectivity index (χ4n) is 13.6. The summed E-state index contributed by atoms with van der Waals surface area (Å²) >= 11 is 19.7. The molecular formula is C104H130Br4IMgN7O21S3. The van der Waals surface area contributed by atoms with Gasteiger partial charge in [-0.25, -0.2) is 47.5 Å². The number of halogens is 5. The van der Waals surface area contributed by atoms with Gasteiger partial charge in [0.1, 0.15) is 88.7 Å². The Kier molecular flexibility index (Phi) is 47.4. The Morgan fingerprint density at radius 1 is 0.454 bits per heavy atom. The summed E-state index contributed by atoms with van der Waals surface area (Å²) in [4.78, 5) is 128. The molecule has 3 N–H and O–H groups in total.